The minimum absolute atomic E-state index is 0.108. The normalized spacial score (nSPS) is 13.0. The molecular weight excluding hydrogens is 360 g/mol. The van der Waals surface area contributed by atoms with Gasteiger partial charge in [0.2, 0.25) is 10.0 Å². The average molecular weight is 379 g/mol. The smallest absolute Gasteiger partial charge is 0.251 e. The maximum atomic E-state index is 12.2. The van der Waals surface area contributed by atoms with E-state index in [1.807, 2.05) is 13.8 Å². The van der Waals surface area contributed by atoms with Crippen molar-refractivity contribution < 1.29 is 17.9 Å². The van der Waals surface area contributed by atoms with E-state index in [0.29, 0.717) is 23.2 Å². The highest BCUT2D eigenvalue weighted by atomic mass is 79.9. The van der Waals surface area contributed by atoms with Gasteiger partial charge < -0.3 is 10.1 Å². The lowest BCUT2D eigenvalue weighted by molar-refractivity contribution is 0.0694. The molecule has 1 rings (SSSR count). The Kier molecular flexibility index (Phi) is 6.33. The minimum atomic E-state index is -3.87. The van der Waals surface area contributed by atoms with Crippen LogP contribution in [0.3, 0.4) is 0 Å². The fraction of sp³-hybridized carbons (Fsp3) is 0.462. The van der Waals surface area contributed by atoms with Crippen molar-refractivity contribution in [2.75, 3.05) is 13.2 Å². The molecule has 0 saturated heterocycles. The summed E-state index contributed by atoms with van der Waals surface area (Å²) in [5, 5.41) is 7.82. The Labute approximate surface area is 133 Å². The first-order valence-electron chi connectivity index (χ1n) is 6.39. The van der Waals surface area contributed by atoms with Crippen molar-refractivity contribution in [2.45, 2.75) is 31.8 Å². The van der Waals surface area contributed by atoms with Crippen molar-refractivity contribution in [3.8, 4) is 0 Å². The van der Waals surface area contributed by atoms with E-state index in [4.69, 9.17) is 9.88 Å². The molecule has 1 amide bonds. The number of halogens is 1. The standard InChI is InChI=1S/C13H19BrN2O4S/c1-4-20-8(2)7-16-13(17)11-5-10(21(15,18)19)6-12(14)9(11)3/h5-6,8H,4,7H2,1-3H3,(H,16,17)(H2,15,18,19). The van der Waals surface area contributed by atoms with Crippen LogP contribution in [-0.2, 0) is 14.8 Å². The van der Waals surface area contributed by atoms with Gasteiger partial charge in [0.15, 0.2) is 0 Å². The van der Waals surface area contributed by atoms with Crippen molar-refractivity contribution >= 4 is 31.9 Å². The molecule has 118 valence electrons. The third kappa shape index (κ3) is 5.06. The second-order valence-electron chi connectivity index (χ2n) is 4.60. The zero-order chi connectivity index (χ0) is 16.2. The Morgan fingerprint density at radius 3 is 2.62 bits per heavy atom. The Balaban J connectivity index is 3.01. The maximum absolute atomic E-state index is 12.2. The number of nitrogens with two attached hydrogens (primary N) is 1. The lowest BCUT2D eigenvalue weighted by atomic mass is 10.1. The highest BCUT2D eigenvalue weighted by Crippen LogP contribution is 2.24. The number of ether oxygens (including phenoxy) is 1. The zero-order valence-electron chi connectivity index (χ0n) is 12.1. The largest absolute Gasteiger partial charge is 0.377 e. The van der Waals surface area contributed by atoms with E-state index >= 15 is 0 Å². The number of hydrogen-bond acceptors (Lipinski definition) is 4. The molecule has 0 saturated carbocycles. The van der Waals surface area contributed by atoms with Crippen LogP contribution in [0, 0.1) is 6.92 Å². The van der Waals surface area contributed by atoms with Gasteiger partial charge in [-0.25, -0.2) is 13.6 Å². The number of carbonyl (C=O) groups excluding carboxylic acids is 1. The summed E-state index contributed by atoms with van der Waals surface area (Å²) in [6.45, 7) is 6.33. The molecule has 0 radical (unpaired) electrons. The minimum Gasteiger partial charge on any atom is -0.377 e. The number of hydrogen-bond donors (Lipinski definition) is 2. The summed E-state index contributed by atoms with van der Waals surface area (Å²) in [6.07, 6.45) is -0.121. The van der Waals surface area contributed by atoms with E-state index in [-0.39, 0.29) is 22.5 Å². The van der Waals surface area contributed by atoms with Crippen molar-refractivity contribution in [2.24, 2.45) is 5.14 Å². The van der Waals surface area contributed by atoms with Crippen molar-refractivity contribution in [3.05, 3.63) is 27.7 Å². The van der Waals surface area contributed by atoms with Crippen LogP contribution in [0.4, 0.5) is 0 Å². The molecule has 0 bridgehead atoms. The molecule has 1 unspecified atom stereocenters. The highest BCUT2D eigenvalue weighted by Gasteiger charge is 2.18. The number of amides is 1. The summed E-state index contributed by atoms with van der Waals surface area (Å²) >= 11 is 3.24. The third-order valence-electron chi connectivity index (χ3n) is 2.89. The van der Waals surface area contributed by atoms with E-state index < -0.39 is 10.0 Å². The molecule has 0 spiro atoms. The van der Waals surface area contributed by atoms with Crippen LogP contribution in [0.1, 0.15) is 29.8 Å². The van der Waals surface area contributed by atoms with Gasteiger partial charge in [-0.05, 0) is 38.5 Å². The van der Waals surface area contributed by atoms with E-state index in [0.717, 1.165) is 0 Å². The number of carbonyl (C=O) groups is 1. The van der Waals surface area contributed by atoms with Crippen LogP contribution < -0.4 is 10.5 Å². The fourth-order valence-electron chi connectivity index (χ4n) is 1.73. The van der Waals surface area contributed by atoms with Crippen LogP contribution in [0.5, 0.6) is 0 Å². The lowest BCUT2D eigenvalue weighted by Crippen LogP contribution is -2.32. The van der Waals surface area contributed by atoms with Crippen molar-refractivity contribution in [1.29, 1.82) is 0 Å². The Morgan fingerprint density at radius 2 is 2.10 bits per heavy atom. The van der Waals surface area contributed by atoms with Gasteiger partial charge in [0.25, 0.3) is 5.91 Å². The van der Waals surface area contributed by atoms with E-state index in [9.17, 15) is 13.2 Å². The van der Waals surface area contributed by atoms with Crippen LogP contribution in [-0.4, -0.2) is 33.6 Å². The van der Waals surface area contributed by atoms with Crippen LogP contribution in [0.15, 0.2) is 21.5 Å². The monoisotopic (exact) mass is 378 g/mol. The van der Waals surface area contributed by atoms with Gasteiger partial charge in [-0.3, -0.25) is 4.79 Å². The van der Waals surface area contributed by atoms with Gasteiger partial charge in [-0.15, -0.1) is 0 Å². The quantitative estimate of drug-likeness (QED) is 0.784. The molecule has 0 aliphatic heterocycles. The second-order valence-corrected chi connectivity index (χ2v) is 7.01. The molecule has 0 aromatic heterocycles. The molecule has 1 aromatic rings. The molecule has 21 heavy (non-hydrogen) atoms. The Hall–Kier alpha value is -0.960. The van der Waals surface area contributed by atoms with Crippen LogP contribution in [0.2, 0.25) is 0 Å². The third-order valence-corrected chi connectivity index (χ3v) is 4.61. The van der Waals surface area contributed by atoms with E-state index in [2.05, 4.69) is 21.2 Å². The molecular formula is C13H19BrN2O4S. The topological polar surface area (TPSA) is 98.5 Å². The molecule has 3 N–H and O–H groups in total. The van der Waals surface area contributed by atoms with Gasteiger partial charge in [0.1, 0.15) is 0 Å². The van der Waals surface area contributed by atoms with E-state index in [1.54, 1.807) is 6.92 Å². The van der Waals surface area contributed by atoms with Gasteiger partial charge >= 0.3 is 0 Å². The lowest BCUT2D eigenvalue weighted by Gasteiger charge is -2.14. The first-order chi connectivity index (χ1) is 9.66. The van der Waals surface area contributed by atoms with Gasteiger partial charge in [0, 0.05) is 23.2 Å². The number of rotatable bonds is 6. The second kappa shape index (κ2) is 7.35. The number of primary sulfonamides is 1. The average Bonchev–Trinajstić information content (AvgIpc) is 2.38. The van der Waals surface area contributed by atoms with Crippen molar-refractivity contribution in [3.63, 3.8) is 0 Å². The summed E-state index contributed by atoms with van der Waals surface area (Å²) in [7, 11) is -3.87. The predicted octanol–water partition coefficient (Wildman–Crippen LogP) is 1.56. The summed E-state index contributed by atoms with van der Waals surface area (Å²) in [6, 6.07) is 2.65. The zero-order valence-corrected chi connectivity index (χ0v) is 14.5. The maximum Gasteiger partial charge on any atom is 0.251 e. The molecule has 8 heteroatoms. The molecule has 0 fully saturated rings. The number of benzene rings is 1. The molecule has 1 aromatic carbocycles. The molecule has 0 heterocycles. The molecule has 1 atom stereocenters. The van der Waals surface area contributed by atoms with Gasteiger partial charge in [0.05, 0.1) is 11.0 Å². The van der Waals surface area contributed by atoms with Crippen molar-refractivity contribution in [1.82, 2.24) is 5.32 Å². The Bertz CT molecular complexity index is 631. The summed E-state index contributed by atoms with van der Waals surface area (Å²) in [4.78, 5) is 12.1. The number of nitrogens with one attached hydrogen (secondary N) is 1. The van der Waals surface area contributed by atoms with Gasteiger partial charge in [-0.1, -0.05) is 15.9 Å². The molecule has 0 aliphatic carbocycles. The summed E-state index contributed by atoms with van der Waals surface area (Å²) in [5.41, 5.74) is 0.904. The SMILES string of the molecule is CCOC(C)CNC(=O)c1cc(S(N)(=O)=O)cc(Br)c1C. The first kappa shape index (κ1) is 18.1. The molecule has 6 nitrogen and oxygen atoms in total. The Morgan fingerprint density at radius 1 is 1.48 bits per heavy atom. The first-order valence-corrected chi connectivity index (χ1v) is 8.73. The van der Waals surface area contributed by atoms with Gasteiger partial charge in [-0.2, -0.15) is 0 Å². The summed E-state index contributed by atoms with van der Waals surface area (Å²) in [5.74, 6) is -0.370. The highest BCUT2D eigenvalue weighted by molar-refractivity contribution is 9.10. The fourth-order valence-corrected chi connectivity index (χ4v) is 2.91. The predicted molar refractivity (Wildman–Crippen MR) is 83.7 cm³/mol. The summed E-state index contributed by atoms with van der Waals surface area (Å²) < 4.78 is 28.7. The van der Waals surface area contributed by atoms with E-state index in [1.165, 1.54) is 12.1 Å². The van der Waals surface area contributed by atoms with Crippen LogP contribution >= 0.6 is 15.9 Å². The van der Waals surface area contributed by atoms with Crippen LogP contribution in [0.25, 0.3) is 0 Å². The molecule has 0 aliphatic rings. The number of sulfonamides is 1.